The lowest BCUT2D eigenvalue weighted by Crippen LogP contribution is -2.07. The molecule has 0 bridgehead atoms. The van der Waals surface area contributed by atoms with Crippen LogP contribution < -0.4 is 15.4 Å². The molecular weight excluding hydrogens is 408 g/mol. The van der Waals surface area contributed by atoms with Gasteiger partial charge in [0.05, 0.1) is 15.9 Å². The van der Waals surface area contributed by atoms with Gasteiger partial charge in [0.1, 0.15) is 12.4 Å². The number of carbonyl (C=O) groups excluding carboxylic acids is 1. The summed E-state index contributed by atoms with van der Waals surface area (Å²) in [4.78, 5) is 20.7. The van der Waals surface area contributed by atoms with Crippen LogP contribution in [0, 0.1) is 6.92 Å². The topological polar surface area (TPSA) is 76.1 Å². The molecule has 0 aliphatic carbocycles. The van der Waals surface area contributed by atoms with E-state index in [0.717, 1.165) is 43.7 Å². The molecule has 0 aliphatic heterocycles. The average Bonchev–Trinajstić information content (AvgIpc) is 3.15. The zero-order valence-electron chi connectivity index (χ0n) is 17.3. The first-order valence-corrected chi connectivity index (χ1v) is 10.7. The number of fused-ring (bicyclic) bond motifs is 1. The van der Waals surface area contributed by atoms with Gasteiger partial charge in [-0.1, -0.05) is 23.5 Å². The molecule has 7 heteroatoms. The van der Waals surface area contributed by atoms with E-state index in [1.165, 1.54) is 17.4 Å². The fourth-order valence-electron chi connectivity index (χ4n) is 3.04. The van der Waals surface area contributed by atoms with Gasteiger partial charge in [-0.2, -0.15) is 0 Å². The minimum absolute atomic E-state index is 0.148. The zero-order valence-corrected chi connectivity index (χ0v) is 18.1. The predicted octanol–water partition coefficient (Wildman–Crippen LogP) is 5.84. The predicted molar refractivity (Wildman–Crippen MR) is 126 cm³/mol. The van der Waals surface area contributed by atoms with Crippen molar-refractivity contribution in [3.05, 3.63) is 84.2 Å². The van der Waals surface area contributed by atoms with Crippen molar-refractivity contribution in [1.29, 1.82) is 0 Å². The van der Waals surface area contributed by atoms with Crippen molar-refractivity contribution in [3.63, 3.8) is 0 Å². The quantitative estimate of drug-likeness (QED) is 0.360. The van der Waals surface area contributed by atoms with Gasteiger partial charge < -0.3 is 15.4 Å². The molecule has 0 aliphatic rings. The molecule has 4 rings (SSSR count). The minimum Gasteiger partial charge on any atom is -0.487 e. The van der Waals surface area contributed by atoms with Crippen LogP contribution in [0.15, 0.2) is 72.9 Å². The maximum Gasteiger partial charge on any atom is 0.248 e. The highest BCUT2D eigenvalue weighted by molar-refractivity contribution is 7.22. The van der Waals surface area contributed by atoms with Gasteiger partial charge in [-0.15, -0.1) is 0 Å². The van der Waals surface area contributed by atoms with Crippen LogP contribution in [0.2, 0.25) is 0 Å². The highest BCUT2D eigenvalue weighted by Crippen LogP contribution is 2.31. The van der Waals surface area contributed by atoms with Crippen molar-refractivity contribution in [1.82, 2.24) is 9.97 Å². The van der Waals surface area contributed by atoms with Crippen LogP contribution in [-0.2, 0) is 11.4 Å². The molecule has 4 aromatic rings. The summed E-state index contributed by atoms with van der Waals surface area (Å²) in [6, 6.07) is 17.4. The molecular formula is C24H22N4O2S. The number of hydrogen-bond donors (Lipinski definition) is 2. The third-order valence-corrected chi connectivity index (χ3v) is 5.44. The van der Waals surface area contributed by atoms with E-state index in [1.54, 1.807) is 12.3 Å². The molecule has 2 N–H and O–H groups in total. The molecule has 156 valence electrons. The number of amides is 1. The normalized spacial score (nSPS) is 11.0. The number of nitrogens with zero attached hydrogens (tertiary/aromatic N) is 2. The Morgan fingerprint density at radius 3 is 2.77 bits per heavy atom. The van der Waals surface area contributed by atoms with Crippen LogP contribution in [-0.4, -0.2) is 15.9 Å². The Kier molecular flexibility index (Phi) is 6.24. The number of carbonyl (C=O) groups is 1. The van der Waals surface area contributed by atoms with Crippen LogP contribution in [0.25, 0.3) is 10.2 Å². The van der Waals surface area contributed by atoms with E-state index in [1.807, 2.05) is 68.4 Å². The first-order valence-electron chi connectivity index (χ1n) is 9.85. The maximum atomic E-state index is 11.7. The van der Waals surface area contributed by atoms with E-state index in [4.69, 9.17) is 4.74 Å². The molecule has 0 spiro atoms. The number of thiazole rings is 1. The Hall–Kier alpha value is -3.71. The summed E-state index contributed by atoms with van der Waals surface area (Å²) in [5, 5.41) is 6.99. The van der Waals surface area contributed by atoms with Crippen molar-refractivity contribution in [2.24, 2.45) is 0 Å². The Morgan fingerprint density at radius 1 is 1.13 bits per heavy atom. The second-order valence-corrected chi connectivity index (χ2v) is 7.94. The summed E-state index contributed by atoms with van der Waals surface area (Å²) in [5.41, 5.74) is 4.47. The summed E-state index contributed by atoms with van der Waals surface area (Å²) in [7, 11) is 0. The van der Waals surface area contributed by atoms with Crippen LogP contribution in [0.4, 0.5) is 16.5 Å². The first kappa shape index (κ1) is 20.6. The van der Waals surface area contributed by atoms with E-state index in [9.17, 15) is 4.79 Å². The van der Waals surface area contributed by atoms with Gasteiger partial charge in [-0.25, -0.2) is 4.98 Å². The number of nitrogens with one attached hydrogen (secondary N) is 2. The van der Waals surface area contributed by atoms with Gasteiger partial charge in [0.15, 0.2) is 5.13 Å². The third kappa shape index (κ3) is 5.26. The van der Waals surface area contributed by atoms with Crippen molar-refractivity contribution in [2.45, 2.75) is 20.5 Å². The lowest BCUT2D eigenvalue weighted by atomic mass is 10.2. The molecule has 1 amide bonds. The molecule has 0 saturated carbocycles. The van der Waals surface area contributed by atoms with E-state index in [-0.39, 0.29) is 5.91 Å². The van der Waals surface area contributed by atoms with Gasteiger partial charge in [0.2, 0.25) is 5.91 Å². The van der Waals surface area contributed by atoms with Gasteiger partial charge >= 0.3 is 0 Å². The van der Waals surface area contributed by atoms with Crippen LogP contribution in [0.5, 0.6) is 5.75 Å². The molecule has 0 fully saturated rings. The van der Waals surface area contributed by atoms with Crippen LogP contribution in [0.3, 0.4) is 0 Å². The second kappa shape index (κ2) is 9.40. The summed E-state index contributed by atoms with van der Waals surface area (Å²) in [6.45, 7) is 4.25. The highest BCUT2D eigenvalue weighted by Gasteiger charge is 2.08. The number of aryl methyl sites for hydroxylation is 1. The van der Waals surface area contributed by atoms with E-state index >= 15 is 0 Å². The molecule has 0 atom stereocenters. The molecule has 2 aromatic carbocycles. The van der Waals surface area contributed by atoms with Gasteiger partial charge in [0.25, 0.3) is 0 Å². The standard InChI is InChI=1S/C24H22N4O2S/c1-3-6-23(29)26-18-8-10-20-22(14-18)31-24(28-20)27-17-9-11-21(16(2)13-17)30-15-19-7-4-5-12-25-19/h3-14H,15H2,1-2H3,(H,26,29)(H,27,28). The van der Waals surface area contributed by atoms with Crippen molar-refractivity contribution < 1.29 is 9.53 Å². The van der Waals surface area contributed by atoms with Crippen LogP contribution >= 0.6 is 11.3 Å². The third-order valence-electron chi connectivity index (χ3n) is 4.50. The summed E-state index contributed by atoms with van der Waals surface area (Å²) in [6.07, 6.45) is 4.96. The molecule has 6 nitrogen and oxygen atoms in total. The number of hydrogen-bond acceptors (Lipinski definition) is 6. The van der Waals surface area contributed by atoms with Crippen LogP contribution in [0.1, 0.15) is 18.2 Å². The van der Waals surface area contributed by atoms with Crippen molar-refractivity contribution >= 4 is 44.0 Å². The van der Waals surface area contributed by atoms with E-state index in [0.29, 0.717) is 6.61 Å². The van der Waals surface area contributed by atoms with Gasteiger partial charge in [-0.3, -0.25) is 9.78 Å². The Bertz CT molecular complexity index is 1240. The van der Waals surface area contributed by atoms with E-state index in [2.05, 4.69) is 20.6 Å². The average molecular weight is 431 g/mol. The minimum atomic E-state index is -0.148. The summed E-state index contributed by atoms with van der Waals surface area (Å²) >= 11 is 1.53. The van der Waals surface area contributed by atoms with Crippen molar-refractivity contribution in [2.75, 3.05) is 10.6 Å². The Balaban J connectivity index is 1.44. The summed E-state index contributed by atoms with van der Waals surface area (Å²) in [5.74, 6) is 0.674. The van der Waals surface area contributed by atoms with E-state index < -0.39 is 0 Å². The van der Waals surface area contributed by atoms with Crippen molar-refractivity contribution in [3.8, 4) is 5.75 Å². The Labute approximate surface area is 184 Å². The molecule has 0 unspecified atom stereocenters. The lowest BCUT2D eigenvalue weighted by Gasteiger charge is -2.10. The number of anilines is 3. The molecule has 0 saturated heterocycles. The molecule has 0 radical (unpaired) electrons. The lowest BCUT2D eigenvalue weighted by molar-refractivity contribution is -0.111. The summed E-state index contributed by atoms with van der Waals surface area (Å²) < 4.78 is 6.89. The smallest absolute Gasteiger partial charge is 0.248 e. The van der Waals surface area contributed by atoms with Gasteiger partial charge in [-0.05, 0) is 74.0 Å². The number of aromatic nitrogens is 2. The maximum absolute atomic E-state index is 11.7. The molecule has 2 aromatic heterocycles. The fraction of sp³-hybridized carbons (Fsp3) is 0.125. The largest absolute Gasteiger partial charge is 0.487 e. The number of rotatable bonds is 7. The SMILES string of the molecule is CC=CC(=O)Nc1ccc2nc(Nc3ccc(OCc4ccccn4)c(C)c3)sc2c1. The molecule has 31 heavy (non-hydrogen) atoms. The Morgan fingerprint density at radius 2 is 2.00 bits per heavy atom. The molecule has 2 heterocycles. The fourth-order valence-corrected chi connectivity index (χ4v) is 3.96. The highest BCUT2D eigenvalue weighted by atomic mass is 32.1. The number of ether oxygens (including phenoxy) is 1. The number of pyridine rings is 1. The monoisotopic (exact) mass is 430 g/mol. The number of benzene rings is 2. The first-order chi connectivity index (χ1) is 15.1. The zero-order chi connectivity index (χ0) is 21.6. The second-order valence-electron chi connectivity index (χ2n) is 6.91. The van der Waals surface area contributed by atoms with Gasteiger partial charge in [0, 0.05) is 17.6 Å². The number of allylic oxidation sites excluding steroid dienone is 1.